The Balaban J connectivity index is 1.83. The summed E-state index contributed by atoms with van der Waals surface area (Å²) in [5, 5.41) is 9.01. The van der Waals surface area contributed by atoms with Gasteiger partial charge in [0.2, 0.25) is 0 Å². The van der Waals surface area contributed by atoms with E-state index in [2.05, 4.69) is 15.5 Å². The van der Waals surface area contributed by atoms with Crippen LogP contribution < -0.4 is 5.48 Å². The topological polar surface area (TPSA) is 88.7 Å². The molecule has 0 fully saturated rings. The van der Waals surface area contributed by atoms with E-state index in [-0.39, 0.29) is 6.67 Å². The number of fused-ring (bicyclic) bond motifs is 1. The number of carbonyl (C=O) groups is 1. The first kappa shape index (κ1) is 18.8. The lowest BCUT2D eigenvalue weighted by atomic mass is 9.93. The molecule has 0 amide bonds. The molecule has 2 aromatic carbocycles. The van der Waals surface area contributed by atoms with Gasteiger partial charge in [0.15, 0.2) is 0 Å². The molecular weight excluding hydrogens is 368 g/mol. The van der Waals surface area contributed by atoms with Gasteiger partial charge >= 0.3 is 5.97 Å². The Morgan fingerprint density at radius 3 is 2.79 bits per heavy atom. The standard InChI is InChI=1S/C22H20N4O3/c1-29-22(27)18-8-5-9-19-21(18)26(14-24-19)16-10-11-17(15-6-3-2-4-7-15)20(12-16)23-13-25-28/h2-11,14,25,28H,12-13H2,1H3. The van der Waals surface area contributed by atoms with Crippen LogP contribution in [0.2, 0.25) is 0 Å². The quantitative estimate of drug-likeness (QED) is 0.516. The van der Waals surface area contributed by atoms with Crippen molar-refractivity contribution in [3.05, 3.63) is 78.1 Å². The summed E-state index contributed by atoms with van der Waals surface area (Å²) in [7, 11) is 1.36. The van der Waals surface area contributed by atoms with Gasteiger partial charge in [-0.1, -0.05) is 42.5 Å². The molecule has 29 heavy (non-hydrogen) atoms. The van der Waals surface area contributed by atoms with E-state index in [0.717, 1.165) is 22.5 Å². The molecule has 0 spiro atoms. The summed E-state index contributed by atoms with van der Waals surface area (Å²) in [6.07, 6.45) is 6.22. The van der Waals surface area contributed by atoms with Crippen LogP contribution in [0, 0.1) is 0 Å². The van der Waals surface area contributed by atoms with Crippen LogP contribution in [-0.4, -0.2) is 40.2 Å². The van der Waals surface area contributed by atoms with Gasteiger partial charge in [-0.2, -0.15) is 5.48 Å². The second kappa shape index (κ2) is 8.22. The minimum Gasteiger partial charge on any atom is -0.465 e. The Labute approximate surface area is 167 Å². The number of aliphatic imine (C=N–C) groups is 1. The number of esters is 1. The van der Waals surface area contributed by atoms with Crippen LogP contribution >= 0.6 is 0 Å². The summed E-state index contributed by atoms with van der Waals surface area (Å²) in [6, 6.07) is 15.3. The summed E-state index contributed by atoms with van der Waals surface area (Å²) < 4.78 is 6.82. The number of benzene rings is 2. The zero-order chi connectivity index (χ0) is 20.2. The maximum absolute atomic E-state index is 12.2. The van der Waals surface area contributed by atoms with Gasteiger partial charge in [0.1, 0.15) is 13.0 Å². The van der Waals surface area contributed by atoms with Crippen molar-refractivity contribution in [2.24, 2.45) is 4.99 Å². The average Bonchev–Trinajstić information content (AvgIpc) is 3.22. The molecule has 1 aliphatic carbocycles. The number of ether oxygens (including phenoxy) is 1. The molecule has 3 aromatic rings. The maximum atomic E-state index is 12.2. The number of nitrogens with zero attached hydrogens (tertiary/aromatic N) is 3. The molecule has 0 saturated carbocycles. The Hall–Kier alpha value is -3.55. The average molecular weight is 388 g/mol. The lowest BCUT2D eigenvalue weighted by Gasteiger charge is -2.19. The van der Waals surface area contributed by atoms with Crippen molar-refractivity contribution in [2.45, 2.75) is 6.42 Å². The number of nitrogens with one attached hydrogen (secondary N) is 1. The van der Waals surface area contributed by atoms with Gasteiger partial charge in [0, 0.05) is 17.7 Å². The zero-order valence-corrected chi connectivity index (χ0v) is 15.9. The molecule has 1 aromatic heterocycles. The molecule has 7 nitrogen and oxygen atoms in total. The SMILES string of the molecule is COC(=O)c1cccc2ncn(C3=CC=C(c4ccccc4)C(=NCNO)C3)c12. The van der Waals surface area contributed by atoms with Crippen molar-refractivity contribution >= 4 is 34.0 Å². The summed E-state index contributed by atoms with van der Waals surface area (Å²) >= 11 is 0. The third-order valence-electron chi connectivity index (χ3n) is 4.81. The van der Waals surface area contributed by atoms with E-state index in [0.29, 0.717) is 23.0 Å². The number of methoxy groups -OCH3 is 1. The van der Waals surface area contributed by atoms with Crippen LogP contribution in [0.15, 0.2) is 72.0 Å². The zero-order valence-electron chi connectivity index (χ0n) is 15.9. The predicted octanol–water partition coefficient (Wildman–Crippen LogP) is 3.53. The number of rotatable bonds is 5. The van der Waals surface area contributed by atoms with Gasteiger partial charge in [-0.25, -0.2) is 9.78 Å². The summed E-state index contributed by atoms with van der Waals surface area (Å²) in [5.74, 6) is -0.410. The Kier molecular flexibility index (Phi) is 5.33. The first-order chi connectivity index (χ1) is 14.2. The first-order valence-electron chi connectivity index (χ1n) is 9.14. The van der Waals surface area contributed by atoms with Gasteiger partial charge in [0.05, 0.1) is 29.4 Å². The summed E-state index contributed by atoms with van der Waals surface area (Å²) in [6.45, 7) is 0.0882. The highest BCUT2D eigenvalue weighted by atomic mass is 16.5. The van der Waals surface area contributed by atoms with Crippen LogP contribution in [-0.2, 0) is 4.74 Å². The van der Waals surface area contributed by atoms with Crippen molar-refractivity contribution < 1.29 is 14.7 Å². The van der Waals surface area contributed by atoms with E-state index >= 15 is 0 Å². The minimum atomic E-state index is -0.410. The molecule has 1 aliphatic rings. The Morgan fingerprint density at radius 1 is 1.21 bits per heavy atom. The lowest BCUT2D eigenvalue weighted by Crippen LogP contribution is -2.15. The van der Waals surface area contributed by atoms with Crippen LogP contribution in [0.5, 0.6) is 0 Å². The van der Waals surface area contributed by atoms with Gasteiger partial charge in [0.25, 0.3) is 0 Å². The molecule has 2 N–H and O–H groups in total. The van der Waals surface area contributed by atoms with Crippen LogP contribution in [0.3, 0.4) is 0 Å². The van der Waals surface area contributed by atoms with Gasteiger partial charge < -0.3 is 14.5 Å². The van der Waals surface area contributed by atoms with E-state index in [1.807, 2.05) is 53.1 Å². The smallest absolute Gasteiger partial charge is 0.340 e. The number of aromatic nitrogens is 2. The largest absolute Gasteiger partial charge is 0.465 e. The molecule has 0 radical (unpaired) electrons. The van der Waals surface area contributed by atoms with Crippen molar-refractivity contribution in [3.63, 3.8) is 0 Å². The maximum Gasteiger partial charge on any atom is 0.340 e. The Morgan fingerprint density at radius 2 is 2.03 bits per heavy atom. The van der Waals surface area contributed by atoms with E-state index in [1.165, 1.54) is 7.11 Å². The number of hydroxylamine groups is 1. The van der Waals surface area contributed by atoms with Crippen molar-refractivity contribution in [3.8, 4) is 0 Å². The molecule has 0 atom stereocenters. The highest BCUT2D eigenvalue weighted by molar-refractivity contribution is 6.27. The van der Waals surface area contributed by atoms with Crippen LogP contribution in [0.4, 0.5) is 0 Å². The predicted molar refractivity (Wildman–Crippen MR) is 112 cm³/mol. The monoisotopic (exact) mass is 388 g/mol. The van der Waals surface area contributed by atoms with Crippen molar-refractivity contribution in [2.75, 3.05) is 13.8 Å². The van der Waals surface area contributed by atoms with Crippen molar-refractivity contribution in [1.82, 2.24) is 15.0 Å². The number of allylic oxidation sites excluding steroid dienone is 4. The normalized spacial score (nSPS) is 15.3. The highest BCUT2D eigenvalue weighted by Gasteiger charge is 2.21. The van der Waals surface area contributed by atoms with Gasteiger partial charge in [-0.3, -0.25) is 4.99 Å². The third kappa shape index (κ3) is 3.61. The van der Waals surface area contributed by atoms with Gasteiger partial charge in [-0.05, 0) is 23.8 Å². The van der Waals surface area contributed by atoms with Crippen LogP contribution in [0.25, 0.3) is 22.3 Å². The van der Waals surface area contributed by atoms with E-state index in [4.69, 9.17) is 9.94 Å². The molecule has 7 heteroatoms. The summed E-state index contributed by atoms with van der Waals surface area (Å²) in [4.78, 5) is 21.2. The van der Waals surface area contributed by atoms with Gasteiger partial charge in [-0.15, -0.1) is 0 Å². The number of hydrogen-bond acceptors (Lipinski definition) is 6. The number of para-hydroxylation sites is 1. The second-order valence-corrected chi connectivity index (χ2v) is 6.48. The Bertz CT molecular complexity index is 1140. The summed E-state index contributed by atoms with van der Waals surface area (Å²) in [5.41, 5.74) is 7.72. The van der Waals surface area contributed by atoms with Crippen molar-refractivity contribution in [1.29, 1.82) is 0 Å². The molecule has 146 valence electrons. The molecule has 0 unspecified atom stereocenters. The number of hydrogen-bond donors (Lipinski definition) is 2. The lowest BCUT2D eigenvalue weighted by molar-refractivity contribution is 0.0602. The van der Waals surface area contributed by atoms with Crippen LogP contribution in [0.1, 0.15) is 22.3 Å². The van der Waals surface area contributed by atoms with E-state index in [1.54, 1.807) is 18.5 Å². The molecule has 1 heterocycles. The fraction of sp³-hybridized carbons (Fsp3) is 0.136. The fourth-order valence-electron chi connectivity index (χ4n) is 3.48. The molecule has 0 bridgehead atoms. The molecule has 0 saturated heterocycles. The minimum absolute atomic E-state index is 0.0882. The third-order valence-corrected chi connectivity index (χ3v) is 4.81. The number of carbonyl (C=O) groups excluding carboxylic acids is 1. The van der Waals surface area contributed by atoms with E-state index in [9.17, 15) is 4.79 Å². The second-order valence-electron chi connectivity index (χ2n) is 6.48. The highest BCUT2D eigenvalue weighted by Crippen LogP contribution is 2.30. The number of imidazole rings is 1. The molecular formula is C22H20N4O3. The molecule has 0 aliphatic heterocycles. The van der Waals surface area contributed by atoms with E-state index < -0.39 is 5.97 Å². The first-order valence-corrected chi connectivity index (χ1v) is 9.14. The fourth-order valence-corrected chi connectivity index (χ4v) is 3.48. The molecule has 4 rings (SSSR count).